The molecule has 0 bridgehead atoms. The molecule has 1 saturated heterocycles. The summed E-state index contributed by atoms with van der Waals surface area (Å²) in [4.78, 5) is 36.8. The minimum atomic E-state index is -0.990. The van der Waals surface area contributed by atoms with Gasteiger partial charge in [0.1, 0.15) is 11.8 Å². The van der Waals surface area contributed by atoms with Crippen molar-refractivity contribution in [3.63, 3.8) is 0 Å². The smallest absolute Gasteiger partial charge is 0.327 e. The van der Waals surface area contributed by atoms with Crippen LogP contribution < -0.4 is 0 Å². The molecule has 8 heteroatoms. The average Bonchev–Trinajstić information content (AvgIpc) is 2.85. The standard InChI is InChI=1S/C13H19N3O4S/c1-3-4-11-16(9(7-21-11)13(19)20)12(18)8-5-6-10(17)15(2)14-8/h9,11H,3-7H2,1-2H3,(H,19,20). The van der Waals surface area contributed by atoms with E-state index in [-0.39, 0.29) is 35.7 Å². The highest BCUT2D eigenvalue weighted by Gasteiger charge is 2.43. The topological polar surface area (TPSA) is 90.3 Å². The van der Waals surface area contributed by atoms with E-state index < -0.39 is 12.0 Å². The van der Waals surface area contributed by atoms with Gasteiger partial charge in [0.25, 0.3) is 5.91 Å². The highest BCUT2D eigenvalue weighted by Crippen LogP contribution is 2.33. The predicted octanol–water partition coefficient (Wildman–Crippen LogP) is 0.749. The summed E-state index contributed by atoms with van der Waals surface area (Å²) in [6.45, 7) is 2.00. The van der Waals surface area contributed by atoms with E-state index in [1.165, 1.54) is 23.7 Å². The summed E-state index contributed by atoms with van der Waals surface area (Å²) >= 11 is 1.49. The molecule has 0 aromatic carbocycles. The summed E-state index contributed by atoms with van der Waals surface area (Å²) in [5.41, 5.74) is 0.270. The van der Waals surface area contributed by atoms with Gasteiger partial charge in [-0.15, -0.1) is 11.8 Å². The zero-order valence-corrected chi connectivity index (χ0v) is 12.9. The monoisotopic (exact) mass is 313 g/mol. The third-order valence-corrected chi connectivity index (χ3v) is 4.96. The summed E-state index contributed by atoms with van der Waals surface area (Å²) < 4.78 is 0. The van der Waals surface area contributed by atoms with E-state index in [1.807, 2.05) is 6.92 Å². The zero-order chi connectivity index (χ0) is 15.6. The van der Waals surface area contributed by atoms with Gasteiger partial charge in [-0.05, 0) is 6.42 Å². The number of aliphatic carboxylic acids is 1. The van der Waals surface area contributed by atoms with E-state index in [0.717, 1.165) is 17.9 Å². The molecule has 2 unspecified atom stereocenters. The minimum absolute atomic E-state index is 0.130. The number of hydrogen-bond donors (Lipinski definition) is 1. The molecule has 2 aliphatic heterocycles. The number of nitrogens with zero attached hydrogens (tertiary/aromatic N) is 3. The maximum Gasteiger partial charge on any atom is 0.327 e. The van der Waals surface area contributed by atoms with Crippen molar-refractivity contribution in [2.75, 3.05) is 12.8 Å². The summed E-state index contributed by atoms with van der Waals surface area (Å²) in [7, 11) is 1.51. The molecule has 116 valence electrons. The first-order valence-corrected chi connectivity index (χ1v) is 8.01. The molecule has 2 heterocycles. The van der Waals surface area contributed by atoms with Crippen LogP contribution >= 0.6 is 11.8 Å². The normalized spacial score (nSPS) is 26.0. The highest BCUT2D eigenvalue weighted by atomic mass is 32.2. The molecule has 2 rings (SSSR count). The van der Waals surface area contributed by atoms with Crippen LogP contribution in [0.3, 0.4) is 0 Å². The Bertz CT molecular complexity index is 494. The highest BCUT2D eigenvalue weighted by molar-refractivity contribution is 8.00. The third-order valence-electron chi connectivity index (χ3n) is 3.60. The number of carbonyl (C=O) groups is 3. The molecule has 0 saturated carbocycles. The van der Waals surface area contributed by atoms with Gasteiger partial charge in [0, 0.05) is 25.6 Å². The molecular formula is C13H19N3O4S. The predicted molar refractivity (Wildman–Crippen MR) is 78.9 cm³/mol. The second kappa shape index (κ2) is 6.46. The second-order valence-corrected chi connectivity index (χ2v) is 6.32. The van der Waals surface area contributed by atoms with Crippen molar-refractivity contribution >= 4 is 35.3 Å². The van der Waals surface area contributed by atoms with Crippen LogP contribution in [0.15, 0.2) is 5.10 Å². The van der Waals surface area contributed by atoms with E-state index in [4.69, 9.17) is 0 Å². The van der Waals surface area contributed by atoms with Crippen LogP contribution in [0.4, 0.5) is 0 Å². The van der Waals surface area contributed by atoms with Gasteiger partial charge in [-0.1, -0.05) is 13.3 Å². The first kappa shape index (κ1) is 15.8. The van der Waals surface area contributed by atoms with Crippen LogP contribution in [0.2, 0.25) is 0 Å². The van der Waals surface area contributed by atoms with Crippen molar-refractivity contribution in [1.29, 1.82) is 0 Å². The van der Waals surface area contributed by atoms with E-state index >= 15 is 0 Å². The largest absolute Gasteiger partial charge is 0.480 e. The minimum Gasteiger partial charge on any atom is -0.480 e. The Balaban J connectivity index is 2.23. The molecule has 0 spiro atoms. The first-order valence-electron chi connectivity index (χ1n) is 6.96. The van der Waals surface area contributed by atoms with Crippen LogP contribution in [0.5, 0.6) is 0 Å². The second-order valence-electron chi connectivity index (χ2n) is 5.11. The lowest BCUT2D eigenvalue weighted by molar-refractivity contribution is -0.147. The Morgan fingerprint density at radius 3 is 2.71 bits per heavy atom. The molecule has 1 N–H and O–H groups in total. The molecule has 2 aliphatic rings. The molecule has 2 atom stereocenters. The molecule has 1 fully saturated rings. The molecule has 0 aromatic heterocycles. The van der Waals surface area contributed by atoms with E-state index in [2.05, 4.69) is 5.10 Å². The van der Waals surface area contributed by atoms with Gasteiger partial charge in [-0.25, -0.2) is 9.80 Å². The number of thioether (sulfide) groups is 1. The molecule has 0 aliphatic carbocycles. The molecule has 0 aromatic rings. The van der Waals surface area contributed by atoms with E-state index in [9.17, 15) is 19.5 Å². The SMILES string of the molecule is CCCC1SCC(C(=O)O)N1C(=O)C1=NN(C)C(=O)CC1. The van der Waals surface area contributed by atoms with Crippen LogP contribution in [0.1, 0.15) is 32.6 Å². The van der Waals surface area contributed by atoms with Crippen molar-refractivity contribution in [2.24, 2.45) is 5.10 Å². The Morgan fingerprint density at radius 1 is 1.43 bits per heavy atom. The van der Waals surface area contributed by atoms with Gasteiger partial charge >= 0.3 is 5.97 Å². The number of carbonyl (C=O) groups excluding carboxylic acids is 2. The molecule has 21 heavy (non-hydrogen) atoms. The summed E-state index contributed by atoms with van der Waals surface area (Å²) in [6, 6.07) is -0.815. The number of carboxylic acid groups (broad SMARTS) is 1. The molecule has 0 radical (unpaired) electrons. The number of hydrogen-bond acceptors (Lipinski definition) is 5. The fourth-order valence-electron chi connectivity index (χ4n) is 2.47. The maximum absolute atomic E-state index is 12.6. The van der Waals surface area contributed by atoms with Gasteiger partial charge in [0.05, 0.1) is 5.37 Å². The van der Waals surface area contributed by atoms with Crippen LogP contribution in [0, 0.1) is 0 Å². The lowest BCUT2D eigenvalue weighted by Crippen LogP contribution is -2.49. The molecular weight excluding hydrogens is 294 g/mol. The number of hydrazone groups is 1. The van der Waals surface area contributed by atoms with Crippen LogP contribution in [-0.4, -0.2) is 62.7 Å². The summed E-state index contributed by atoms with van der Waals surface area (Å²) in [5.74, 6) is -1.09. The van der Waals surface area contributed by atoms with Gasteiger partial charge in [-0.3, -0.25) is 9.59 Å². The lowest BCUT2D eigenvalue weighted by atomic mass is 10.1. The average molecular weight is 313 g/mol. The van der Waals surface area contributed by atoms with Gasteiger partial charge in [0.2, 0.25) is 5.91 Å². The molecule has 2 amide bonds. The van der Waals surface area contributed by atoms with Crippen LogP contribution in [-0.2, 0) is 14.4 Å². The van der Waals surface area contributed by atoms with E-state index in [1.54, 1.807) is 0 Å². The Labute approximate surface area is 127 Å². The number of carboxylic acids is 1. The quantitative estimate of drug-likeness (QED) is 0.827. The van der Waals surface area contributed by atoms with Crippen LogP contribution in [0.25, 0.3) is 0 Å². The van der Waals surface area contributed by atoms with Gasteiger partial charge in [-0.2, -0.15) is 5.10 Å². The van der Waals surface area contributed by atoms with Crippen molar-refractivity contribution in [1.82, 2.24) is 9.91 Å². The summed E-state index contributed by atoms with van der Waals surface area (Å²) in [6.07, 6.45) is 2.13. The number of amides is 2. The Morgan fingerprint density at radius 2 is 2.14 bits per heavy atom. The maximum atomic E-state index is 12.6. The third kappa shape index (κ3) is 3.20. The summed E-state index contributed by atoms with van der Waals surface area (Å²) in [5, 5.41) is 14.3. The Hall–Kier alpha value is -1.57. The Kier molecular flexibility index (Phi) is 4.87. The van der Waals surface area contributed by atoms with Gasteiger partial charge in [0.15, 0.2) is 0 Å². The zero-order valence-electron chi connectivity index (χ0n) is 12.1. The first-order chi connectivity index (χ1) is 9.95. The van der Waals surface area contributed by atoms with Gasteiger partial charge < -0.3 is 10.0 Å². The van der Waals surface area contributed by atoms with E-state index in [0.29, 0.717) is 5.75 Å². The van der Waals surface area contributed by atoms with Crippen molar-refractivity contribution in [3.05, 3.63) is 0 Å². The fourth-order valence-corrected chi connectivity index (χ4v) is 3.98. The fraction of sp³-hybridized carbons (Fsp3) is 0.692. The lowest BCUT2D eigenvalue weighted by Gasteiger charge is -2.29. The number of rotatable bonds is 4. The van der Waals surface area contributed by atoms with Crippen molar-refractivity contribution < 1.29 is 19.5 Å². The molecule has 7 nitrogen and oxygen atoms in total. The van der Waals surface area contributed by atoms with Crippen molar-refractivity contribution in [3.8, 4) is 0 Å². The van der Waals surface area contributed by atoms with Crippen molar-refractivity contribution in [2.45, 2.75) is 44.0 Å².